The number of imide groups is 2. The molecule has 0 spiro atoms. The molecule has 0 bridgehead atoms. The van der Waals surface area contributed by atoms with E-state index in [1.165, 1.54) is 6.07 Å². The van der Waals surface area contributed by atoms with Crippen molar-refractivity contribution in [2.75, 3.05) is 19.8 Å². The molecule has 1 aromatic rings. The van der Waals surface area contributed by atoms with Crippen LogP contribution >= 0.6 is 0 Å². The molecule has 26 heavy (non-hydrogen) atoms. The van der Waals surface area contributed by atoms with E-state index < -0.39 is 29.7 Å². The van der Waals surface area contributed by atoms with E-state index in [-0.39, 0.29) is 43.8 Å². The zero-order valence-corrected chi connectivity index (χ0v) is 13.8. The van der Waals surface area contributed by atoms with Crippen LogP contribution in [0.1, 0.15) is 39.1 Å². The van der Waals surface area contributed by atoms with Crippen LogP contribution in [0.5, 0.6) is 0 Å². The number of nitrogens with zero attached hydrogens (tertiary/aromatic N) is 1. The summed E-state index contributed by atoms with van der Waals surface area (Å²) in [5.41, 5.74) is 0.697. The number of aliphatic hydroxyl groups is 1. The third kappa shape index (κ3) is 3.22. The Labute approximate surface area is 149 Å². The first-order valence-electron chi connectivity index (χ1n) is 8.06. The summed E-state index contributed by atoms with van der Waals surface area (Å²) in [6, 6.07) is 3.72. The number of amides is 4. The van der Waals surface area contributed by atoms with Gasteiger partial charge in [-0.15, -0.1) is 0 Å². The number of hydrogen-bond donors (Lipinski definition) is 2. The third-order valence-electron chi connectivity index (χ3n) is 4.10. The Hall–Kier alpha value is -3.02. The Morgan fingerprint density at radius 2 is 2.04 bits per heavy atom. The highest BCUT2D eigenvalue weighted by atomic mass is 16.5. The Morgan fingerprint density at radius 3 is 2.77 bits per heavy atom. The van der Waals surface area contributed by atoms with Gasteiger partial charge in [-0.3, -0.25) is 29.4 Å². The molecule has 1 unspecified atom stereocenters. The van der Waals surface area contributed by atoms with E-state index in [0.717, 1.165) is 4.90 Å². The van der Waals surface area contributed by atoms with Crippen molar-refractivity contribution in [3.05, 3.63) is 34.9 Å². The number of rotatable bonds is 4. The van der Waals surface area contributed by atoms with E-state index in [0.29, 0.717) is 5.56 Å². The largest absolute Gasteiger partial charge is 0.394 e. The van der Waals surface area contributed by atoms with Crippen LogP contribution in [0, 0.1) is 11.8 Å². The minimum atomic E-state index is -1.01. The summed E-state index contributed by atoms with van der Waals surface area (Å²) in [6.45, 7) is 0.113. The quantitative estimate of drug-likeness (QED) is 0.425. The van der Waals surface area contributed by atoms with E-state index in [2.05, 4.69) is 17.2 Å². The molecule has 1 aromatic carbocycles. The molecule has 0 aliphatic carbocycles. The van der Waals surface area contributed by atoms with Gasteiger partial charge in [-0.25, -0.2) is 0 Å². The highest BCUT2D eigenvalue weighted by Gasteiger charge is 2.45. The predicted molar refractivity (Wildman–Crippen MR) is 87.9 cm³/mol. The maximum Gasteiger partial charge on any atom is 0.263 e. The summed E-state index contributed by atoms with van der Waals surface area (Å²) in [7, 11) is 0. The monoisotopic (exact) mass is 356 g/mol. The molecule has 0 aromatic heterocycles. The molecule has 4 amide bonds. The van der Waals surface area contributed by atoms with Gasteiger partial charge in [0.25, 0.3) is 11.8 Å². The Morgan fingerprint density at radius 1 is 1.23 bits per heavy atom. The summed E-state index contributed by atoms with van der Waals surface area (Å²) in [5, 5.41) is 10.8. The lowest BCUT2D eigenvalue weighted by atomic mass is 10.0. The summed E-state index contributed by atoms with van der Waals surface area (Å²) in [6.07, 6.45) is 0.171. The minimum absolute atomic E-state index is 0.0681. The van der Waals surface area contributed by atoms with Crippen molar-refractivity contribution in [3.8, 4) is 11.8 Å². The molecule has 3 rings (SSSR count). The van der Waals surface area contributed by atoms with Crippen LogP contribution < -0.4 is 5.32 Å². The molecule has 0 saturated carbocycles. The minimum Gasteiger partial charge on any atom is -0.394 e. The van der Waals surface area contributed by atoms with E-state index in [4.69, 9.17) is 9.84 Å². The molecule has 8 heteroatoms. The van der Waals surface area contributed by atoms with Crippen molar-refractivity contribution in [3.63, 3.8) is 0 Å². The van der Waals surface area contributed by atoms with Gasteiger partial charge in [-0.1, -0.05) is 17.9 Å². The molecule has 2 aliphatic heterocycles. The number of aliphatic hydroxyl groups excluding tert-OH is 1. The van der Waals surface area contributed by atoms with Crippen molar-refractivity contribution < 1.29 is 29.0 Å². The molecule has 1 saturated heterocycles. The standard InChI is InChI=1S/C18H16N2O6/c21-8-10-26-9-2-4-11-3-1-5-12-15(11)18(25)20(17(12)24)13-6-7-14(22)19-16(13)23/h1,3,5,13,21H,6-10H2,(H,19,22,23). The van der Waals surface area contributed by atoms with Gasteiger partial charge in [0.1, 0.15) is 12.6 Å². The van der Waals surface area contributed by atoms with Crippen LogP contribution in [-0.2, 0) is 14.3 Å². The smallest absolute Gasteiger partial charge is 0.263 e. The van der Waals surface area contributed by atoms with Crippen LogP contribution in [0.25, 0.3) is 0 Å². The second-order valence-corrected chi connectivity index (χ2v) is 5.75. The van der Waals surface area contributed by atoms with Gasteiger partial charge >= 0.3 is 0 Å². The first kappa shape index (κ1) is 17.8. The lowest BCUT2D eigenvalue weighted by Crippen LogP contribution is -2.54. The Bertz CT molecular complexity index is 851. The predicted octanol–water partition coefficient (Wildman–Crippen LogP) is -0.552. The number of carbonyl (C=O) groups is 4. The van der Waals surface area contributed by atoms with Crippen LogP contribution in [0.15, 0.2) is 18.2 Å². The number of fused-ring (bicyclic) bond motifs is 1. The van der Waals surface area contributed by atoms with Gasteiger partial charge in [0.15, 0.2) is 0 Å². The number of ether oxygens (including phenoxy) is 1. The summed E-state index contributed by atoms with van der Waals surface area (Å²) in [4.78, 5) is 49.7. The topological polar surface area (TPSA) is 113 Å². The van der Waals surface area contributed by atoms with E-state index in [1.807, 2.05) is 0 Å². The second-order valence-electron chi connectivity index (χ2n) is 5.75. The Kier molecular flexibility index (Phi) is 5.11. The molecular weight excluding hydrogens is 340 g/mol. The normalized spacial score (nSPS) is 19.1. The molecule has 2 aliphatic rings. The van der Waals surface area contributed by atoms with Gasteiger partial charge < -0.3 is 9.84 Å². The molecule has 2 N–H and O–H groups in total. The van der Waals surface area contributed by atoms with E-state index >= 15 is 0 Å². The maximum absolute atomic E-state index is 12.8. The van der Waals surface area contributed by atoms with Gasteiger partial charge in [0, 0.05) is 12.0 Å². The van der Waals surface area contributed by atoms with Crippen molar-refractivity contribution in [1.29, 1.82) is 0 Å². The maximum atomic E-state index is 12.8. The fraction of sp³-hybridized carbons (Fsp3) is 0.333. The van der Waals surface area contributed by atoms with Crippen LogP contribution in [0.4, 0.5) is 0 Å². The second kappa shape index (κ2) is 7.47. The number of nitrogens with one attached hydrogen (secondary N) is 1. The summed E-state index contributed by atoms with van der Waals surface area (Å²) >= 11 is 0. The zero-order chi connectivity index (χ0) is 18.7. The van der Waals surface area contributed by atoms with Crippen LogP contribution in [-0.4, -0.2) is 59.5 Å². The molecule has 2 heterocycles. The molecule has 1 fully saturated rings. The highest BCUT2D eigenvalue weighted by Crippen LogP contribution is 2.29. The Balaban J connectivity index is 1.87. The SMILES string of the molecule is O=C1CCC(N2C(=O)c3cccc(C#CCOCCO)c3C2=O)C(=O)N1. The average Bonchev–Trinajstić information content (AvgIpc) is 2.87. The van der Waals surface area contributed by atoms with Crippen LogP contribution in [0.3, 0.4) is 0 Å². The summed E-state index contributed by atoms with van der Waals surface area (Å²) in [5.74, 6) is 3.27. The van der Waals surface area contributed by atoms with Gasteiger partial charge in [-0.05, 0) is 18.6 Å². The van der Waals surface area contributed by atoms with Gasteiger partial charge in [0.2, 0.25) is 11.8 Å². The van der Waals surface area contributed by atoms with Crippen molar-refractivity contribution in [2.24, 2.45) is 0 Å². The molecule has 134 valence electrons. The number of piperidine rings is 1. The fourth-order valence-corrected chi connectivity index (χ4v) is 2.94. The first-order valence-corrected chi connectivity index (χ1v) is 8.06. The lowest BCUT2D eigenvalue weighted by Gasteiger charge is -2.27. The zero-order valence-electron chi connectivity index (χ0n) is 13.8. The van der Waals surface area contributed by atoms with Crippen molar-refractivity contribution in [2.45, 2.75) is 18.9 Å². The number of hydrogen-bond acceptors (Lipinski definition) is 6. The molecular formula is C18H16N2O6. The first-order chi connectivity index (χ1) is 12.5. The van der Waals surface area contributed by atoms with Gasteiger partial charge in [-0.2, -0.15) is 0 Å². The lowest BCUT2D eigenvalue weighted by molar-refractivity contribution is -0.136. The van der Waals surface area contributed by atoms with Crippen molar-refractivity contribution in [1.82, 2.24) is 10.2 Å². The average molecular weight is 356 g/mol. The highest BCUT2D eigenvalue weighted by molar-refractivity contribution is 6.24. The summed E-state index contributed by atoms with van der Waals surface area (Å²) < 4.78 is 5.04. The van der Waals surface area contributed by atoms with Crippen LogP contribution in [0.2, 0.25) is 0 Å². The number of carbonyl (C=O) groups excluding carboxylic acids is 4. The molecule has 8 nitrogen and oxygen atoms in total. The van der Waals surface area contributed by atoms with E-state index in [9.17, 15) is 19.2 Å². The number of benzene rings is 1. The molecule has 1 atom stereocenters. The molecule has 0 radical (unpaired) electrons. The van der Waals surface area contributed by atoms with Crippen molar-refractivity contribution >= 4 is 23.6 Å². The van der Waals surface area contributed by atoms with E-state index in [1.54, 1.807) is 12.1 Å². The fourth-order valence-electron chi connectivity index (χ4n) is 2.94. The third-order valence-corrected chi connectivity index (χ3v) is 4.10. The van der Waals surface area contributed by atoms with Gasteiger partial charge in [0.05, 0.1) is 24.3 Å².